The Bertz CT molecular complexity index is 310. The van der Waals surface area contributed by atoms with Crippen LogP contribution >= 0.6 is 0 Å². The zero-order valence-corrected chi connectivity index (χ0v) is 16.4. The SMILES string of the molecule is C=CN=C(/C=C\C)C(C)N(C)C1CCC(C)CC1.CC.CC. The highest BCUT2D eigenvalue weighted by atomic mass is 15.2. The average molecular weight is 309 g/mol. The molecule has 1 saturated carbocycles. The van der Waals surface area contributed by atoms with Crippen molar-refractivity contribution in [1.29, 1.82) is 0 Å². The molecule has 0 amide bonds. The topological polar surface area (TPSA) is 15.6 Å². The molecule has 1 unspecified atom stereocenters. The van der Waals surface area contributed by atoms with Gasteiger partial charge in [0.15, 0.2) is 0 Å². The molecule has 0 aromatic rings. The van der Waals surface area contributed by atoms with Gasteiger partial charge in [-0.3, -0.25) is 9.89 Å². The van der Waals surface area contributed by atoms with E-state index in [2.05, 4.69) is 49.5 Å². The normalized spacial score (nSPS) is 23.2. The van der Waals surface area contributed by atoms with E-state index in [9.17, 15) is 0 Å². The second kappa shape index (κ2) is 15.0. The molecule has 0 spiro atoms. The van der Waals surface area contributed by atoms with Crippen molar-refractivity contribution in [3.8, 4) is 0 Å². The van der Waals surface area contributed by atoms with E-state index < -0.39 is 0 Å². The minimum absolute atomic E-state index is 0.359. The number of hydrogen-bond donors (Lipinski definition) is 0. The standard InChI is InChI=1S/C16H28N2.2C2H6/c1-6-8-16(17-7-2)14(4)18(5)15-11-9-13(3)10-12-15;2*1-2/h6-8,13-15H,2,9-12H2,1,3-5H3;2*1-2H3/b8-6-,17-16?;;. The van der Waals surface area contributed by atoms with E-state index in [1.54, 1.807) is 6.20 Å². The van der Waals surface area contributed by atoms with Crippen LogP contribution in [0.25, 0.3) is 0 Å². The summed E-state index contributed by atoms with van der Waals surface area (Å²) in [6.45, 7) is 18.3. The predicted octanol–water partition coefficient (Wildman–Crippen LogP) is 6.10. The van der Waals surface area contributed by atoms with Crippen LogP contribution in [0.4, 0.5) is 0 Å². The van der Waals surface area contributed by atoms with Gasteiger partial charge in [-0.05, 0) is 58.6 Å². The van der Waals surface area contributed by atoms with Crippen molar-refractivity contribution in [1.82, 2.24) is 4.90 Å². The van der Waals surface area contributed by atoms with Crippen LogP contribution in [0.5, 0.6) is 0 Å². The smallest absolute Gasteiger partial charge is 0.0569 e. The predicted molar refractivity (Wildman–Crippen MR) is 104 cm³/mol. The van der Waals surface area contributed by atoms with E-state index in [0.717, 1.165) is 11.6 Å². The molecule has 2 heteroatoms. The molecule has 0 aliphatic heterocycles. The maximum atomic E-state index is 4.40. The number of hydrogen-bond acceptors (Lipinski definition) is 2. The molecule has 2 nitrogen and oxygen atoms in total. The van der Waals surface area contributed by atoms with Gasteiger partial charge in [-0.2, -0.15) is 0 Å². The molecule has 0 aromatic heterocycles. The first kappa shape index (κ1) is 23.4. The maximum Gasteiger partial charge on any atom is 0.0569 e. The van der Waals surface area contributed by atoms with Gasteiger partial charge in [0.05, 0.1) is 5.71 Å². The molecular weight excluding hydrogens is 268 g/mol. The van der Waals surface area contributed by atoms with Gasteiger partial charge in [-0.25, -0.2) is 0 Å². The first-order valence-corrected chi connectivity index (χ1v) is 9.13. The Morgan fingerprint density at radius 3 is 2.05 bits per heavy atom. The number of allylic oxidation sites excluding steroid dienone is 1. The van der Waals surface area contributed by atoms with Crippen LogP contribution in [-0.2, 0) is 0 Å². The molecular formula is C20H40N2. The highest BCUT2D eigenvalue weighted by Crippen LogP contribution is 2.27. The highest BCUT2D eigenvalue weighted by molar-refractivity contribution is 5.99. The molecule has 0 N–H and O–H groups in total. The summed E-state index contributed by atoms with van der Waals surface area (Å²) in [5.74, 6) is 0.904. The van der Waals surface area contributed by atoms with E-state index in [0.29, 0.717) is 12.1 Å². The summed E-state index contributed by atoms with van der Waals surface area (Å²) in [4.78, 5) is 6.88. The Balaban J connectivity index is 0. The van der Waals surface area contributed by atoms with E-state index in [-0.39, 0.29) is 0 Å². The lowest BCUT2D eigenvalue weighted by molar-refractivity contribution is 0.158. The molecule has 0 heterocycles. The van der Waals surface area contributed by atoms with Crippen LogP contribution in [0.2, 0.25) is 0 Å². The van der Waals surface area contributed by atoms with Crippen LogP contribution in [0, 0.1) is 5.92 Å². The summed E-state index contributed by atoms with van der Waals surface area (Å²) in [7, 11) is 2.23. The Morgan fingerprint density at radius 2 is 1.64 bits per heavy atom. The van der Waals surface area contributed by atoms with Crippen LogP contribution in [0.3, 0.4) is 0 Å². The molecule has 0 bridgehead atoms. The molecule has 1 fully saturated rings. The third kappa shape index (κ3) is 8.53. The Morgan fingerprint density at radius 1 is 1.14 bits per heavy atom. The molecule has 130 valence electrons. The third-order valence-corrected chi connectivity index (χ3v) is 4.18. The summed E-state index contributed by atoms with van der Waals surface area (Å²) >= 11 is 0. The molecule has 0 saturated heterocycles. The van der Waals surface area contributed by atoms with Crippen LogP contribution in [0.1, 0.15) is 74.1 Å². The van der Waals surface area contributed by atoms with Crippen LogP contribution < -0.4 is 0 Å². The van der Waals surface area contributed by atoms with Gasteiger partial charge in [-0.1, -0.05) is 47.3 Å². The quantitative estimate of drug-likeness (QED) is 0.560. The zero-order valence-electron chi connectivity index (χ0n) is 16.4. The lowest BCUT2D eigenvalue weighted by Gasteiger charge is -2.37. The zero-order chi connectivity index (χ0) is 17.5. The largest absolute Gasteiger partial charge is 0.295 e. The first-order chi connectivity index (χ1) is 10.6. The monoisotopic (exact) mass is 308 g/mol. The Hall–Kier alpha value is -0.890. The van der Waals surface area contributed by atoms with E-state index >= 15 is 0 Å². The summed E-state index contributed by atoms with van der Waals surface area (Å²) in [6, 6.07) is 1.06. The third-order valence-electron chi connectivity index (χ3n) is 4.18. The van der Waals surface area contributed by atoms with Gasteiger partial charge in [-0.15, -0.1) is 0 Å². The van der Waals surface area contributed by atoms with Crippen molar-refractivity contribution in [2.45, 2.75) is 86.2 Å². The van der Waals surface area contributed by atoms with Crippen molar-refractivity contribution in [3.05, 3.63) is 24.9 Å². The lowest BCUT2D eigenvalue weighted by Crippen LogP contribution is -2.44. The molecule has 22 heavy (non-hydrogen) atoms. The van der Waals surface area contributed by atoms with Gasteiger partial charge < -0.3 is 0 Å². The van der Waals surface area contributed by atoms with Gasteiger partial charge in [0.2, 0.25) is 0 Å². The first-order valence-electron chi connectivity index (χ1n) is 9.13. The fourth-order valence-electron chi connectivity index (χ4n) is 2.74. The number of rotatable bonds is 5. The van der Waals surface area contributed by atoms with Gasteiger partial charge in [0, 0.05) is 18.3 Å². The fourth-order valence-corrected chi connectivity index (χ4v) is 2.74. The summed E-state index contributed by atoms with van der Waals surface area (Å²) < 4.78 is 0. The van der Waals surface area contributed by atoms with E-state index in [1.807, 2.05) is 34.6 Å². The summed E-state index contributed by atoms with van der Waals surface area (Å²) in [5, 5.41) is 0. The number of aliphatic imine (C=N–C) groups is 1. The van der Waals surface area contributed by atoms with E-state index in [1.165, 1.54) is 25.7 Å². The molecule has 0 aromatic carbocycles. The van der Waals surface area contributed by atoms with Gasteiger partial charge in [0.1, 0.15) is 0 Å². The van der Waals surface area contributed by atoms with Crippen LogP contribution in [0.15, 0.2) is 29.9 Å². The van der Waals surface area contributed by atoms with Gasteiger partial charge >= 0.3 is 0 Å². The van der Waals surface area contributed by atoms with Crippen molar-refractivity contribution in [2.24, 2.45) is 10.9 Å². The van der Waals surface area contributed by atoms with Crippen molar-refractivity contribution in [3.63, 3.8) is 0 Å². The molecule has 1 atom stereocenters. The molecule has 0 radical (unpaired) electrons. The van der Waals surface area contributed by atoms with Crippen molar-refractivity contribution >= 4 is 5.71 Å². The maximum absolute atomic E-state index is 4.40. The minimum Gasteiger partial charge on any atom is -0.295 e. The fraction of sp³-hybridized carbons (Fsp3) is 0.750. The number of nitrogens with zero attached hydrogens (tertiary/aromatic N) is 2. The summed E-state index contributed by atoms with van der Waals surface area (Å²) in [6.07, 6.45) is 11.1. The van der Waals surface area contributed by atoms with E-state index in [4.69, 9.17) is 0 Å². The second-order valence-electron chi connectivity index (χ2n) is 5.49. The Labute approximate surface area is 140 Å². The van der Waals surface area contributed by atoms with Crippen molar-refractivity contribution < 1.29 is 0 Å². The van der Waals surface area contributed by atoms with Gasteiger partial charge in [0.25, 0.3) is 0 Å². The highest BCUT2D eigenvalue weighted by Gasteiger charge is 2.25. The minimum atomic E-state index is 0.359. The lowest BCUT2D eigenvalue weighted by atomic mass is 9.86. The molecule has 1 aliphatic carbocycles. The van der Waals surface area contributed by atoms with Crippen LogP contribution in [-0.4, -0.2) is 29.7 Å². The Kier molecular flexibility index (Phi) is 16.0. The summed E-state index contributed by atoms with van der Waals surface area (Å²) in [5.41, 5.74) is 1.11. The second-order valence-corrected chi connectivity index (χ2v) is 5.49. The molecule has 1 aliphatic rings. The average Bonchev–Trinajstić information content (AvgIpc) is 2.58. The van der Waals surface area contributed by atoms with Crippen molar-refractivity contribution in [2.75, 3.05) is 7.05 Å². The molecule has 1 rings (SSSR count).